The van der Waals surface area contributed by atoms with E-state index in [1.54, 1.807) is 0 Å². The van der Waals surface area contributed by atoms with Gasteiger partial charge in [-0.1, -0.05) is 6.92 Å². The largest absolute Gasteiger partial charge is 0.298 e. The Morgan fingerprint density at radius 3 is 2.79 bits per heavy atom. The van der Waals surface area contributed by atoms with Crippen molar-refractivity contribution in [3.05, 3.63) is 32.8 Å². The second-order valence-corrected chi connectivity index (χ2v) is 3.02. The van der Waals surface area contributed by atoms with Gasteiger partial charge in [0.15, 0.2) is 5.78 Å². The molecule has 1 aromatic rings. The second kappa shape index (κ2) is 4.55. The van der Waals surface area contributed by atoms with Crippen molar-refractivity contribution in [1.82, 2.24) is 9.78 Å². The molecular weight excluding hydrogens is 184 g/mol. The van der Waals surface area contributed by atoms with Crippen LogP contribution in [-0.4, -0.2) is 15.6 Å². The predicted octanol–water partition coefficient (Wildman–Crippen LogP) is -0.0942. The molecule has 1 rings (SSSR count). The van der Waals surface area contributed by atoms with E-state index in [1.165, 1.54) is 0 Å². The first-order valence-electron chi connectivity index (χ1n) is 4.45. The molecule has 76 valence electrons. The number of H-pyrrole nitrogens is 1. The van der Waals surface area contributed by atoms with Crippen LogP contribution in [0.5, 0.6) is 0 Å². The molecule has 0 aliphatic heterocycles. The number of nitrogens with zero attached hydrogens (tertiary/aromatic N) is 1. The van der Waals surface area contributed by atoms with E-state index in [1.807, 2.05) is 6.92 Å². The van der Waals surface area contributed by atoms with Gasteiger partial charge in [-0.2, -0.15) is 0 Å². The van der Waals surface area contributed by atoms with E-state index < -0.39 is 0 Å². The lowest BCUT2D eigenvalue weighted by molar-refractivity contribution is -0.119. The van der Waals surface area contributed by atoms with Crippen molar-refractivity contribution in [2.45, 2.75) is 26.3 Å². The zero-order valence-corrected chi connectivity index (χ0v) is 7.95. The first kappa shape index (κ1) is 10.4. The zero-order valence-electron chi connectivity index (χ0n) is 7.95. The van der Waals surface area contributed by atoms with Crippen molar-refractivity contribution >= 4 is 5.78 Å². The molecular formula is C9H12N2O3. The minimum Gasteiger partial charge on any atom is -0.298 e. The number of Topliss-reactive ketones (excluding diaryl/α,β-unsaturated/α-hetero) is 1. The Labute approximate surface area is 80.4 Å². The monoisotopic (exact) mass is 196 g/mol. The van der Waals surface area contributed by atoms with Gasteiger partial charge in [-0.25, -0.2) is 4.68 Å². The fourth-order valence-electron chi connectivity index (χ4n) is 1.11. The Balaban J connectivity index is 2.86. The summed E-state index contributed by atoms with van der Waals surface area (Å²) in [6.45, 7) is 1.83. The molecule has 0 aliphatic carbocycles. The van der Waals surface area contributed by atoms with Crippen molar-refractivity contribution in [1.29, 1.82) is 0 Å². The summed E-state index contributed by atoms with van der Waals surface area (Å²) in [5.41, 5.74) is -0.747. The van der Waals surface area contributed by atoms with Crippen LogP contribution >= 0.6 is 0 Å². The third-order valence-electron chi connectivity index (χ3n) is 1.75. The molecule has 0 fully saturated rings. The molecule has 5 heteroatoms. The van der Waals surface area contributed by atoms with Crippen LogP contribution in [0, 0.1) is 0 Å². The number of aromatic nitrogens is 2. The Kier molecular flexibility index (Phi) is 3.39. The number of hydrogen-bond acceptors (Lipinski definition) is 3. The summed E-state index contributed by atoms with van der Waals surface area (Å²) in [4.78, 5) is 33.2. The standard InChI is InChI=1S/C9H12N2O3/c1-2-3-7(12)6-11-9(14)5-4-8(13)10-11/h4-5H,2-3,6H2,1H3,(H,10,13). The minimum absolute atomic E-state index is 0.0528. The molecule has 0 unspecified atom stereocenters. The first-order chi connectivity index (χ1) is 6.63. The van der Waals surface area contributed by atoms with E-state index >= 15 is 0 Å². The lowest BCUT2D eigenvalue weighted by Gasteiger charge is -2.02. The summed E-state index contributed by atoms with van der Waals surface area (Å²) >= 11 is 0. The van der Waals surface area contributed by atoms with Gasteiger partial charge in [0.2, 0.25) is 0 Å². The number of rotatable bonds is 4. The van der Waals surface area contributed by atoms with Gasteiger partial charge in [-0.3, -0.25) is 19.5 Å². The smallest absolute Gasteiger partial charge is 0.265 e. The highest BCUT2D eigenvalue weighted by atomic mass is 16.2. The minimum atomic E-state index is -0.381. The molecule has 1 heterocycles. The van der Waals surface area contributed by atoms with Crippen molar-refractivity contribution in [3.63, 3.8) is 0 Å². The quantitative estimate of drug-likeness (QED) is 0.731. The number of carbonyl (C=O) groups is 1. The van der Waals surface area contributed by atoms with Crippen LogP contribution < -0.4 is 11.1 Å². The topological polar surface area (TPSA) is 71.9 Å². The Morgan fingerprint density at radius 1 is 1.43 bits per heavy atom. The Bertz CT molecular complexity index is 430. The first-order valence-corrected chi connectivity index (χ1v) is 4.45. The number of carbonyl (C=O) groups excluding carboxylic acids is 1. The maximum Gasteiger partial charge on any atom is 0.265 e. The van der Waals surface area contributed by atoms with Crippen LogP contribution in [0.25, 0.3) is 0 Å². The average molecular weight is 196 g/mol. The van der Waals surface area contributed by atoms with Crippen molar-refractivity contribution in [3.8, 4) is 0 Å². The van der Waals surface area contributed by atoms with E-state index in [-0.39, 0.29) is 23.4 Å². The summed E-state index contributed by atoms with van der Waals surface area (Å²) in [6, 6.07) is 2.29. The van der Waals surface area contributed by atoms with Gasteiger partial charge in [-0.05, 0) is 6.42 Å². The van der Waals surface area contributed by atoms with Crippen molar-refractivity contribution < 1.29 is 4.79 Å². The van der Waals surface area contributed by atoms with E-state index in [9.17, 15) is 14.4 Å². The second-order valence-electron chi connectivity index (χ2n) is 3.02. The van der Waals surface area contributed by atoms with Crippen molar-refractivity contribution in [2.24, 2.45) is 0 Å². The van der Waals surface area contributed by atoms with Crippen LogP contribution in [0.15, 0.2) is 21.7 Å². The van der Waals surface area contributed by atoms with Crippen LogP contribution in [0.2, 0.25) is 0 Å². The summed E-state index contributed by atoms with van der Waals surface area (Å²) in [5.74, 6) is -0.0588. The molecule has 0 atom stereocenters. The van der Waals surface area contributed by atoms with Gasteiger partial charge < -0.3 is 0 Å². The lowest BCUT2D eigenvalue weighted by atomic mass is 10.2. The van der Waals surface area contributed by atoms with Gasteiger partial charge in [0.25, 0.3) is 11.1 Å². The molecule has 0 radical (unpaired) electrons. The predicted molar refractivity (Wildman–Crippen MR) is 51.2 cm³/mol. The molecule has 0 bridgehead atoms. The normalized spacial score (nSPS) is 10.1. The van der Waals surface area contributed by atoms with Crippen LogP contribution in [0.3, 0.4) is 0 Å². The third-order valence-corrected chi connectivity index (χ3v) is 1.75. The van der Waals surface area contributed by atoms with Gasteiger partial charge >= 0.3 is 0 Å². The van der Waals surface area contributed by atoms with E-state index in [4.69, 9.17) is 0 Å². The summed E-state index contributed by atoms with van der Waals surface area (Å²) < 4.78 is 1.03. The Morgan fingerprint density at radius 2 is 2.14 bits per heavy atom. The van der Waals surface area contributed by atoms with E-state index in [0.29, 0.717) is 6.42 Å². The van der Waals surface area contributed by atoms with Gasteiger partial charge in [0.1, 0.15) is 6.54 Å². The van der Waals surface area contributed by atoms with E-state index in [0.717, 1.165) is 23.2 Å². The highest BCUT2D eigenvalue weighted by molar-refractivity contribution is 5.77. The number of nitrogens with one attached hydrogen (secondary N) is 1. The summed E-state index contributed by atoms with van der Waals surface area (Å²) in [5, 5.41) is 2.29. The van der Waals surface area contributed by atoms with Crippen LogP contribution in [-0.2, 0) is 11.3 Å². The molecule has 1 aromatic heterocycles. The van der Waals surface area contributed by atoms with Gasteiger partial charge in [0.05, 0.1) is 0 Å². The van der Waals surface area contributed by atoms with E-state index in [2.05, 4.69) is 5.10 Å². The molecule has 0 saturated carbocycles. The molecule has 5 nitrogen and oxygen atoms in total. The molecule has 14 heavy (non-hydrogen) atoms. The molecule has 1 N–H and O–H groups in total. The molecule has 0 aliphatic rings. The SMILES string of the molecule is CCCC(=O)Cn1[nH]c(=O)ccc1=O. The molecule has 0 amide bonds. The molecule has 0 saturated heterocycles. The molecule has 0 aromatic carbocycles. The van der Waals surface area contributed by atoms with Crippen molar-refractivity contribution in [2.75, 3.05) is 0 Å². The fraction of sp³-hybridized carbons (Fsp3) is 0.444. The maximum absolute atomic E-state index is 11.2. The maximum atomic E-state index is 11.2. The van der Waals surface area contributed by atoms with Gasteiger partial charge in [0, 0.05) is 18.6 Å². The summed E-state index contributed by atoms with van der Waals surface area (Å²) in [7, 11) is 0. The average Bonchev–Trinajstić information content (AvgIpc) is 2.12. The highest BCUT2D eigenvalue weighted by Gasteiger charge is 2.03. The van der Waals surface area contributed by atoms with Crippen LogP contribution in [0.1, 0.15) is 19.8 Å². The highest BCUT2D eigenvalue weighted by Crippen LogP contribution is 1.89. The third kappa shape index (κ3) is 2.69. The van der Waals surface area contributed by atoms with Gasteiger partial charge in [-0.15, -0.1) is 0 Å². The number of ketones is 1. The number of aromatic amines is 1. The van der Waals surface area contributed by atoms with Crippen LogP contribution in [0.4, 0.5) is 0 Å². The molecule has 0 spiro atoms. The number of hydrogen-bond donors (Lipinski definition) is 1. The zero-order chi connectivity index (χ0) is 10.6. The fourth-order valence-corrected chi connectivity index (χ4v) is 1.11. The summed E-state index contributed by atoms with van der Waals surface area (Å²) in [6.07, 6.45) is 1.16. The Hall–Kier alpha value is -1.65. The lowest BCUT2D eigenvalue weighted by Crippen LogP contribution is -2.30.